The van der Waals surface area contributed by atoms with Crippen LogP contribution >= 0.6 is 0 Å². The van der Waals surface area contributed by atoms with E-state index in [4.69, 9.17) is 19.0 Å². The molecule has 0 unspecified atom stereocenters. The molecule has 1 saturated heterocycles. The van der Waals surface area contributed by atoms with E-state index in [2.05, 4.69) is 116 Å². The molecule has 4 aliphatic carbocycles. The molecule has 520 valence electrons. The van der Waals surface area contributed by atoms with Gasteiger partial charge in [-0.05, 0) is 212 Å². The summed E-state index contributed by atoms with van der Waals surface area (Å²) in [6.45, 7) is 22.8. The Morgan fingerprint density at radius 3 is 1.57 bits per heavy atom. The second-order valence-corrected chi connectivity index (χ2v) is 25.8. The number of benzene rings is 7. The number of halogens is 1. The summed E-state index contributed by atoms with van der Waals surface area (Å²) in [6, 6.07) is 51.1. The molecule has 10 nitrogen and oxygen atoms in total. The summed E-state index contributed by atoms with van der Waals surface area (Å²) < 4.78 is 16.0. The number of aryl methyl sites for hydroxylation is 8. The summed E-state index contributed by atoms with van der Waals surface area (Å²) >= 11 is 0. The van der Waals surface area contributed by atoms with E-state index >= 15 is 0 Å². The van der Waals surface area contributed by atoms with Crippen LogP contribution in [-0.4, -0.2) is 90.5 Å². The predicted molar refractivity (Wildman–Crippen MR) is 396 cm³/mol. The number of methoxy groups -OCH3 is 1. The monoisotopic (exact) mass is 1360 g/mol. The second-order valence-electron chi connectivity index (χ2n) is 25.8. The second kappa shape index (κ2) is 44.2. The molecule has 7 aromatic carbocycles. The van der Waals surface area contributed by atoms with Gasteiger partial charge in [-0.1, -0.05) is 161 Å². The van der Waals surface area contributed by atoms with E-state index in [0.717, 1.165) is 112 Å². The van der Waals surface area contributed by atoms with Gasteiger partial charge in [0.15, 0.2) is 5.78 Å². The minimum absolute atomic E-state index is 0. The zero-order chi connectivity index (χ0) is 67.1. The standard InChI is InChI=1S/C21H24O.C18H18O3.C16H23NO2.C15H18O2.C7H7.C4H8O.C2H6.CH4.CH3.ClH.Li.Mg/c1-14-8-11-17(12-9-14)21(22)19-6-4-5-18(19)20-13-15(2)7-10-16(20)3;19-12-6-4-11(5-7-12)18-15-3-1-2-14(15)16-10-13(20)8-9-17(16)21-18;1-11-8-9-12(2)15(10-11)13-6-5-7-14(13)16(18)17(3)19-4;1-10-7-8-11(2)14(9-10)12-5-4-6-13(12)15(16)17-3;1-7-5-3-2-4-6-7;1-2-4-5-3-1;1-2;;;;;/h7-13,18-19H,4-6H2,1-3H3;4-10,14-15,18-20H,1-3H2;8-10,13-14H,5-7H2,1-4H3;7-9H,4-6H2,1-3H3;3-6H,1H3;1-4H2;1-2H3;1H4;1H3;1H;;/q;;;;-1;;;;-1;;+1;+2/p-1/t18-,19+;14-,15+,18+;13-,14+;;;;;;;;;/m111........./s1. The van der Waals surface area contributed by atoms with Crippen molar-refractivity contribution < 1.29 is 74.9 Å². The van der Waals surface area contributed by atoms with Gasteiger partial charge >= 0.3 is 47.9 Å². The molecule has 7 aromatic rings. The minimum atomic E-state index is -0.168. The van der Waals surface area contributed by atoms with E-state index in [1.54, 1.807) is 32.4 Å². The van der Waals surface area contributed by atoms with Gasteiger partial charge in [-0.2, -0.15) is 35.9 Å². The number of hydrogen-bond donors (Lipinski definition) is 2. The molecule has 13 rings (SSSR count). The Bertz CT molecular complexity index is 3560. The average molecular weight is 1360 g/mol. The number of carbonyl (C=O) groups excluding carboxylic acids is 3. The number of ketones is 1. The van der Waals surface area contributed by atoms with Crippen LogP contribution in [0.15, 0.2) is 151 Å². The van der Waals surface area contributed by atoms with Gasteiger partial charge in [0.1, 0.15) is 23.4 Å². The van der Waals surface area contributed by atoms with Gasteiger partial charge in [0.05, 0.1) is 14.2 Å². The first kappa shape index (κ1) is 87.9. The van der Waals surface area contributed by atoms with Crippen LogP contribution < -0.4 is 36.0 Å². The molecule has 98 heavy (non-hydrogen) atoms. The first-order valence-corrected chi connectivity index (χ1v) is 34.1. The zero-order valence-electron chi connectivity index (χ0n) is 61.0. The maximum Gasteiger partial charge on any atom is 2.00 e. The van der Waals surface area contributed by atoms with Crippen molar-refractivity contribution in [2.24, 2.45) is 17.8 Å². The average Bonchev–Trinajstić information content (AvgIpc) is 1.47. The van der Waals surface area contributed by atoms with Gasteiger partial charge in [0.2, 0.25) is 5.91 Å². The van der Waals surface area contributed by atoms with Crippen LogP contribution in [0.5, 0.6) is 17.2 Å². The molecule has 4 fully saturated rings. The molecule has 2 aliphatic heterocycles. The van der Waals surface area contributed by atoms with Gasteiger partial charge in [0.25, 0.3) is 0 Å². The number of amides is 1. The van der Waals surface area contributed by atoms with Crippen LogP contribution in [0.2, 0.25) is 0 Å². The molecule has 3 saturated carbocycles. The zero-order valence-corrected chi connectivity index (χ0v) is 63.2. The van der Waals surface area contributed by atoms with Crippen LogP contribution in [0.25, 0.3) is 5.57 Å². The van der Waals surface area contributed by atoms with E-state index in [1.165, 1.54) is 98.2 Å². The van der Waals surface area contributed by atoms with Crippen molar-refractivity contribution >= 4 is 46.3 Å². The van der Waals surface area contributed by atoms with Crippen molar-refractivity contribution in [1.29, 1.82) is 0 Å². The fourth-order valence-corrected chi connectivity index (χ4v) is 14.2. The number of fused-ring (bicyclic) bond motifs is 3. The number of aromatic hydroxyl groups is 2. The van der Waals surface area contributed by atoms with Crippen molar-refractivity contribution in [3.05, 3.63) is 243 Å². The first-order chi connectivity index (χ1) is 44.8. The van der Waals surface area contributed by atoms with Crippen molar-refractivity contribution in [1.82, 2.24) is 5.06 Å². The molecule has 0 spiro atoms. The molecule has 13 heteroatoms. The summed E-state index contributed by atoms with van der Waals surface area (Å²) in [5.41, 5.74) is 19.2. The Balaban J connectivity index is 0.000000411. The van der Waals surface area contributed by atoms with Crippen LogP contribution in [0.3, 0.4) is 0 Å². The number of hydrogen-bond acceptors (Lipinski definition) is 9. The van der Waals surface area contributed by atoms with Gasteiger partial charge < -0.3 is 44.3 Å². The maximum absolute atomic E-state index is 12.9. The van der Waals surface area contributed by atoms with Crippen molar-refractivity contribution in [3.8, 4) is 17.2 Å². The molecule has 6 aliphatic rings. The number of hydroxylamine groups is 2. The number of Topliss-reactive ketones (excluding diaryl/α,β-unsaturated/α-hetero) is 1. The third-order valence-electron chi connectivity index (χ3n) is 19.2. The number of phenolic OH excluding ortho intramolecular Hbond substituents is 2. The SMILES string of the molecule is C.C1CCOC1.CC.COC(=O)C1=C(c2cc(C)ccc2C)CCC1.CON(C)C(=O)[C@H]1CCC[C@H]1c1cc(C)ccc1C.Cc1cc[c-]cc1.Cc1ccc(C(=O)[C@H]2CCC[C@H]2c2cc(C)ccc2C)cc1.Oc1ccc([C@@H]2Oc3ccc(O)cc3[C@@H]3CCC[C@@H]32)cc1.[CH3-].[Cl-].[Li+].[Mg+2]. The largest absolute Gasteiger partial charge is 2.00 e. The normalized spacial score (nSPS) is 19.4. The van der Waals surface area contributed by atoms with Gasteiger partial charge in [-0.25, -0.2) is 9.86 Å². The van der Waals surface area contributed by atoms with Gasteiger partial charge in [0, 0.05) is 54.7 Å². The molecule has 1 amide bonds. The van der Waals surface area contributed by atoms with Crippen molar-refractivity contribution in [2.75, 3.05) is 34.5 Å². The summed E-state index contributed by atoms with van der Waals surface area (Å²) in [7, 11) is 4.69. The molecule has 7 atom stereocenters. The quantitative estimate of drug-likeness (QED) is 0.0477. The number of ether oxygens (including phenoxy) is 3. The number of phenols is 2. The Hall–Kier alpha value is -6.14. The van der Waals surface area contributed by atoms with Crippen LogP contribution in [0.1, 0.15) is 218 Å². The molecule has 2 heterocycles. The number of rotatable bonds is 9. The fourth-order valence-electron chi connectivity index (χ4n) is 14.2. The molecular weight excluding hydrogens is 1250 g/mol. The summed E-state index contributed by atoms with van der Waals surface area (Å²) in [4.78, 5) is 42.1. The smallest absolute Gasteiger partial charge is 1.00 e. The minimum Gasteiger partial charge on any atom is -1.00 e. The molecular formula is C85H111ClLiMgNO9. The molecule has 0 bridgehead atoms. The molecule has 0 radical (unpaired) electrons. The number of allylic oxidation sites excluding steroid dienone is 1. The van der Waals surface area contributed by atoms with Crippen LogP contribution in [-0.2, 0) is 23.9 Å². The Morgan fingerprint density at radius 2 is 1.04 bits per heavy atom. The van der Waals surface area contributed by atoms with Crippen molar-refractivity contribution in [2.45, 2.75) is 190 Å². The first-order valence-electron chi connectivity index (χ1n) is 34.1. The topological polar surface area (TPSA) is 132 Å². The Kier molecular flexibility index (Phi) is 39.7. The van der Waals surface area contributed by atoms with Gasteiger partial charge in [-0.15, -0.1) is 0 Å². The van der Waals surface area contributed by atoms with Crippen LogP contribution in [0, 0.1) is 86.6 Å². The van der Waals surface area contributed by atoms with Crippen LogP contribution in [0.4, 0.5) is 0 Å². The Morgan fingerprint density at radius 1 is 0.541 bits per heavy atom. The fraction of sp³-hybridized carbons (Fsp3) is 0.435. The van der Waals surface area contributed by atoms with Gasteiger partial charge in [-0.3, -0.25) is 14.4 Å². The van der Waals surface area contributed by atoms with E-state index in [1.807, 2.05) is 86.6 Å². The maximum atomic E-state index is 12.9. The Labute approximate surface area is 624 Å². The van der Waals surface area contributed by atoms with E-state index < -0.39 is 0 Å². The summed E-state index contributed by atoms with van der Waals surface area (Å²) in [6.07, 6.45) is 15.4. The summed E-state index contributed by atoms with van der Waals surface area (Å²) in [5, 5.41) is 20.6. The summed E-state index contributed by atoms with van der Waals surface area (Å²) in [5.74, 6) is 3.56. The number of carbonyl (C=O) groups is 3. The molecule has 0 aromatic heterocycles. The third kappa shape index (κ3) is 24.3. The van der Waals surface area contributed by atoms with E-state index in [0.29, 0.717) is 35.2 Å². The van der Waals surface area contributed by atoms with E-state index in [-0.39, 0.29) is 105 Å². The number of esters is 1. The predicted octanol–water partition coefficient (Wildman–Crippen LogP) is 14.4. The molecule has 2 N–H and O–H groups in total. The van der Waals surface area contributed by atoms with E-state index in [9.17, 15) is 24.6 Å². The number of nitrogens with zero attached hydrogens (tertiary/aromatic N) is 1. The van der Waals surface area contributed by atoms with Crippen molar-refractivity contribution in [3.63, 3.8) is 0 Å². The third-order valence-corrected chi connectivity index (χ3v) is 19.2.